The van der Waals surface area contributed by atoms with Gasteiger partial charge in [0.1, 0.15) is 11.9 Å². The lowest BCUT2D eigenvalue weighted by Gasteiger charge is -2.24. The number of fused-ring (bicyclic) bond motifs is 1. The molecule has 4 aromatic rings. The molecule has 5 rings (SSSR count). The summed E-state index contributed by atoms with van der Waals surface area (Å²) in [6, 6.07) is 10.6. The smallest absolute Gasteiger partial charge is 0.365 e. The zero-order valence-corrected chi connectivity index (χ0v) is 15.7. The molecule has 1 atom stereocenters. The van der Waals surface area contributed by atoms with Gasteiger partial charge in [-0.2, -0.15) is 18.2 Å². The van der Waals surface area contributed by atoms with E-state index in [1.807, 2.05) is 0 Å². The van der Waals surface area contributed by atoms with Crippen LogP contribution >= 0.6 is 0 Å². The van der Waals surface area contributed by atoms with E-state index in [1.165, 1.54) is 24.3 Å². The molecule has 1 aliphatic rings. The van der Waals surface area contributed by atoms with Gasteiger partial charge in [0.15, 0.2) is 5.69 Å². The molecule has 0 amide bonds. The van der Waals surface area contributed by atoms with Gasteiger partial charge in [-0.05, 0) is 29.8 Å². The van der Waals surface area contributed by atoms with Crippen molar-refractivity contribution in [2.75, 3.05) is 0 Å². The lowest BCUT2D eigenvalue weighted by Crippen LogP contribution is -2.22. The van der Waals surface area contributed by atoms with Crippen LogP contribution in [0.4, 0.5) is 17.6 Å². The van der Waals surface area contributed by atoms with E-state index in [0.29, 0.717) is 17.9 Å². The van der Waals surface area contributed by atoms with Gasteiger partial charge in [-0.1, -0.05) is 34.6 Å². The summed E-state index contributed by atoms with van der Waals surface area (Å²) in [5, 5.41) is 11.9. The highest BCUT2D eigenvalue weighted by Gasteiger charge is 2.31. The molecular formula is C20H13F4N5O2. The van der Waals surface area contributed by atoms with Crippen LogP contribution in [0.1, 0.15) is 22.9 Å². The zero-order valence-electron chi connectivity index (χ0n) is 15.7. The first-order valence-corrected chi connectivity index (χ1v) is 9.19. The van der Waals surface area contributed by atoms with E-state index in [2.05, 4.69) is 20.5 Å². The molecule has 0 radical (unpaired) electrons. The average molecular weight is 431 g/mol. The van der Waals surface area contributed by atoms with Crippen molar-refractivity contribution in [1.29, 1.82) is 0 Å². The lowest BCUT2D eigenvalue weighted by molar-refractivity contribution is -0.137. The maximum atomic E-state index is 13.1. The van der Waals surface area contributed by atoms with Crippen LogP contribution in [-0.4, -0.2) is 25.1 Å². The predicted molar refractivity (Wildman–Crippen MR) is 97.7 cm³/mol. The molecule has 11 heteroatoms. The molecule has 7 nitrogen and oxygen atoms in total. The molecule has 0 saturated carbocycles. The summed E-state index contributed by atoms with van der Waals surface area (Å²) in [6.07, 6.45) is -4.81. The maximum absolute atomic E-state index is 13.1. The van der Waals surface area contributed by atoms with Crippen LogP contribution in [0.2, 0.25) is 0 Å². The van der Waals surface area contributed by atoms with E-state index in [-0.39, 0.29) is 35.8 Å². The number of aromatic nitrogens is 5. The van der Waals surface area contributed by atoms with Gasteiger partial charge in [0.25, 0.3) is 5.89 Å². The first-order valence-electron chi connectivity index (χ1n) is 9.19. The van der Waals surface area contributed by atoms with Crippen molar-refractivity contribution in [3.8, 4) is 23.0 Å². The van der Waals surface area contributed by atoms with E-state index in [9.17, 15) is 17.6 Å². The van der Waals surface area contributed by atoms with Crippen LogP contribution < -0.4 is 0 Å². The Bertz CT molecular complexity index is 1230. The van der Waals surface area contributed by atoms with Gasteiger partial charge in [-0.3, -0.25) is 0 Å². The summed E-state index contributed by atoms with van der Waals surface area (Å²) in [5.41, 5.74) is 1.05. The van der Waals surface area contributed by atoms with Crippen LogP contribution in [-0.2, 0) is 24.1 Å². The summed E-state index contributed by atoms with van der Waals surface area (Å²) in [6.45, 7) is 0.494. The zero-order chi connectivity index (χ0) is 21.6. The van der Waals surface area contributed by atoms with E-state index < -0.39 is 11.7 Å². The fourth-order valence-electron chi connectivity index (χ4n) is 3.33. The Morgan fingerprint density at radius 2 is 1.87 bits per heavy atom. The standard InChI is InChI=1S/C20H13F4N5O2/c21-14-6-4-11(5-7-14)16-9-29-15(10-30-16)17(26-28-29)19-25-18(27-31-19)12-2-1-3-13(8-12)20(22,23)24/h1-8,16H,9-10H2/t16-/m1/s1. The number of ether oxygens (including phenoxy) is 1. The molecule has 0 saturated heterocycles. The third-order valence-electron chi connectivity index (χ3n) is 4.92. The summed E-state index contributed by atoms with van der Waals surface area (Å²) < 4.78 is 64.7. The number of benzene rings is 2. The van der Waals surface area contributed by atoms with Crippen LogP contribution in [0.5, 0.6) is 0 Å². The van der Waals surface area contributed by atoms with Crippen molar-refractivity contribution >= 4 is 0 Å². The maximum Gasteiger partial charge on any atom is 0.416 e. The highest BCUT2D eigenvalue weighted by molar-refractivity contribution is 5.59. The molecule has 0 N–H and O–H groups in total. The normalized spacial score (nSPS) is 16.3. The minimum atomic E-state index is -4.48. The van der Waals surface area contributed by atoms with Gasteiger partial charge in [-0.25, -0.2) is 9.07 Å². The number of nitrogens with zero attached hydrogens (tertiary/aromatic N) is 5. The van der Waals surface area contributed by atoms with E-state index in [4.69, 9.17) is 9.26 Å². The topological polar surface area (TPSA) is 78.9 Å². The van der Waals surface area contributed by atoms with E-state index in [0.717, 1.165) is 17.7 Å². The SMILES string of the molecule is Fc1ccc([C@H]2Cn3nnc(-c4nc(-c5cccc(C(F)(F)F)c5)no4)c3CO2)cc1. The number of alkyl halides is 3. The van der Waals surface area contributed by atoms with Crippen molar-refractivity contribution in [2.24, 2.45) is 0 Å². The van der Waals surface area contributed by atoms with Gasteiger partial charge in [0.2, 0.25) is 5.82 Å². The largest absolute Gasteiger partial charge is 0.416 e. The summed E-state index contributed by atoms with van der Waals surface area (Å²) in [4.78, 5) is 4.18. The summed E-state index contributed by atoms with van der Waals surface area (Å²) in [7, 11) is 0. The Labute approximate surface area is 172 Å². The molecule has 0 aliphatic carbocycles. The monoisotopic (exact) mass is 431 g/mol. The Morgan fingerprint density at radius 1 is 1.06 bits per heavy atom. The number of hydrogen-bond donors (Lipinski definition) is 0. The molecule has 0 bridgehead atoms. The van der Waals surface area contributed by atoms with Crippen LogP contribution in [0.25, 0.3) is 23.0 Å². The summed E-state index contributed by atoms with van der Waals surface area (Å²) >= 11 is 0. The van der Waals surface area contributed by atoms with Crippen molar-refractivity contribution in [3.05, 3.63) is 71.2 Å². The second-order valence-electron chi connectivity index (χ2n) is 6.92. The van der Waals surface area contributed by atoms with Gasteiger partial charge in [-0.15, -0.1) is 5.10 Å². The molecule has 3 heterocycles. The minimum Gasteiger partial charge on any atom is -0.365 e. The Morgan fingerprint density at radius 3 is 2.65 bits per heavy atom. The number of hydrogen-bond acceptors (Lipinski definition) is 6. The lowest BCUT2D eigenvalue weighted by atomic mass is 10.1. The second kappa shape index (κ2) is 7.27. The molecule has 0 fully saturated rings. The Hall–Kier alpha value is -3.60. The van der Waals surface area contributed by atoms with Gasteiger partial charge >= 0.3 is 6.18 Å². The molecule has 1 aliphatic heterocycles. The molecule has 0 spiro atoms. The number of halogens is 4. The highest BCUT2D eigenvalue weighted by atomic mass is 19.4. The molecule has 31 heavy (non-hydrogen) atoms. The first-order chi connectivity index (χ1) is 14.9. The van der Waals surface area contributed by atoms with Crippen LogP contribution in [0.15, 0.2) is 53.1 Å². The quantitative estimate of drug-likeness (QED) is 0.447. The van der Waals surface area contributed by atoms with Crippen molar-refractivity contribution in [2.45, 2.75) is 25.4 Å². The van der Waals surface area contributed by atoms with Gasteiger partial charge in [0.05, 0.1) is 24.4 Å². The van der Waals surface area contributed by atoms with Crippen LogP contribution in [0.3, 0.4) is 0 Å². The van der Waals surface area contributed by atoms with Crippen molar-refractivity contribution in [1.82, 2.24) is 25.1 Å². The van der Waals surface area contributed by atoms with Crippen molar-refractivity contribution < 1.29 is 26.8 Å². The Balaban J connectivity index is 1.40. The predicted octanol–water partition coefficient (Wildman–Crippen LogP) is 4.42. The molecule has 2 aromatic carbocycles. The van der Waals surface area contributed by atoms with Gasteiger partial charge < -0.3 is 9.26 Å². The van der Waals surface area contributed by atoms with Crippen LogP contribution in [0, 0.1) is 5.82 Å². The molecule has 158 valence electrons. The highest BCUT2D eigenvalue weighted by Crippen LogP contribution is 2.33. The first kappa shape index (κ1) is 19.4. The number of rotatable bonds is 3. The van der Waals surface area contributed by atoms with Crippen molar-refractivity contribution in [3.63, 3.8) is 0 Å². The summed E-state index contributed by atoms with van der Waals surface area (Å²) in [5.74, 6) is -0.308. The third-order valence-corrected chi connectivity index (χ3v) is 4.92. The van der Waals surface area contributed by atoms with E-state index >= 15 is 0 Å². The Kier molecular flexibility index (Phi) is 4.54. The molecule has 0 unspecified atom stereocenters. The van der Waals surface area contributed by atoms with E-state index in [1.54, 1.807) is 16.8 Å². The third kappa shape index (κ3) is 3.67. The fourth-order valence-corrected chi connectivity index (χ4v) is 3.33. The molecular weight excluding hydrogens is 418 g/mol. The van der Waals surface area contributed by atoms with Gasteiger partial charge in [0, 0.05) is 5.56 Å². The molecule has 2 aromatic heterocycles. The average Bonchev–Trinajstić information content (AvgIpc) is 3.40. The second-order valence-corrected chi connectivity index (χ2v) is 6.92. The minimum absolute atomic E-state index is 0.00349. The fraction of sp³-hybridized carbons (Fsp3) is 0.200.